The molecule has 0 spiro atoms. The molecule has 1 fully saturated rings. The molecule has 3 N–H and O–H groups in total. The summed E-state index contributed by atoms with van der Waals surface area (Å²) in [6, 6.07) is 12.8. The van der Waals surface area contributed by atoms with Gasteiger partial charge in [0.2, 0.25) is 0 Å². The second kappa shape index (κ2) is 7.12. The lowest BCUT2D eigenvalue weighted by atomic mass is 9.96. The molecule has 1 saturated carbocycles. The first-order valence-electron chi connectivity index (χ1n) is 8.96. The Kier molecular flexibility index (Phi) is 4.49. The van der Waals surface area contributed by atoms with E-state index < -0.39 is 12.0 Å². The van der Waals surface area contributed by atoms with Crippen LogP contribution < -0.4 is 10.9 Å². The lowest BCUT2D eigenvalue weighted by Gasteiger charge is -2.20. The molecule has 28 heavy (non-hydrogen) atoms. The average Bonchev–Trinajstić information content (AvgIpc) is 2.97. The number of para-hydroxylation sites is 1. The summed E-state index contributed by atoms with van der Waals surface area (Å²) in [5.41, 5.74) is 1.32. The third-order valence-corrected chi connectivity index (χ3v) is 4.92. The summed E-state index contributed by atoms with van der Waals surface area (Å²) in [7, 11) is 0. The van der Waals surface area contributed by atoms with Crippen LogP contribution in [0, 0.1) is 22.7 Å². The van der Waals surface area contributed by atoms with E-state index in [2.05, 4.69) is 21.5 Å². The van der Waals surface area contributed by atoms with Gasteiger partial charge in [-0.05, 0) is 18.2 Å². The Hall–Kier alpha value is -3.73. The minimum atomic E-state index is -0.609. The van der Waals surface area contributed by atoms with Crippen LogP contribution in [0.15, 0.2) is 47.4 Å². The molecule has 2 aromatic heterocycles. The fourth-order valence-corrected chi connectivity index (χ4v) is 3.64. The number of Topliss-reactive ketones (excluding diaryl/α,β-unsaturated/α-hetero) is 1. The fraction of sp³-hybridized carbons (Fsp3) is 0.250. The molecule has 2 atom stereocenters. The number of nitrogens with one attached hydrogen (secondary N) is 3. The zero-order valence-corrected chi connectivity index (χ0v) is 15.0. The van der Waals surface area contributed by atoms with E-state index in [1.165, 1.54) is 6.20 Å². The molecule has 140 valence electrons. The van der Waals surface area contributed by atoms with E-state index in [1.54, 1.807) is 10.7 Å². The molecule has 1 aliphatic rings. The van der Waals surface area contributed by atoms with E-state index in [9.17, 15) is 14.9 Å². The smallest absolute Gasteiger partial charge is 0.261 e. The van der Waals surface area contributed by atoms with Crippen LogP contribution in [0.1, 0.15) is 25.3 Å². The summed E-state index contributed by atoms with van der Waals surface area (Å²) in [5, 5.41) is 25.8. The monoisotopic (exact) mass is 374 g/mol. The van der Waals surface area contributed by atoms with Crippen LogP contribution >= 0.6 is 0 Å². The molecule has 0 saturated heterocycles. The number of nitrogens with zero attached hydrogens (tertiary/aromatic N) is 3. The maximum absolute atomic E-state index is 12.5. The third kappa shape index (κ3) is 3.18. The summed E-state index contributed by atoms with van der Waals surface area (Å²) in [6.45, 7) is 0. The summed E-state index contributed by atoms with van der Waals surface area (Å²) in [6.07, 6.45) is 1.92. The summed E-state index contributed by atoms with van der Waals surface area (Å²) in [5.74, 6) is -0.347. The van der Waals surface area contributed by atoms with Crippen molar-refractivity contribution >= 4 is 33.9 Å². The van der Waals surface area contributed by atoms with Gasteiger partial charge in [0.15, 0.2) is 5.82 Å². The maximum atomic E-state index is 12.5. The zero-order chi connectivity index (χ0) is 19.7. The number of carbonyl (C=O) groups is 1. The Morgan fingerprint density at radius 1 is 1.21 bits per heavy atom. The zero-order valence-electron chi connectivity index (χ0n) is 15.0. The van der Waals surface area contributed by atoms with Crippen molar-refractivity contribution in [2.24, 2.45) is 5.92 Å². The summed E-state index contributed by atoms with van der Waals surface area (Å²) < 4.78 is 1.62. The number of nitriles is 1. The molecule has 0 aliphatic heterocycles. The van der Waals surface area contributed by atoms with Gasteiger partial charge in [0.25, 0.3) is 5.56 Å². The number of fused-ring (bicyclic) bond motifs is 1. The van der Waals surface area contributed by atoms with Gasteiger partial charge in [-0.15, -0.1) is 0 Å². The van der Waals surface area contributed by atoms with Crippen molar-refractivity contribution in [3.05, 3.63) is 52.9 Å². The minimum absolute atomic E-state index is 0.0591. The van der Waals surface area contributed by atoms with Crippen molar-refractivity contribution in [2.75, 3.05) is 5.32 Å². The molecule has 1 aromatic carbocycles. The van der Waals surface area contributed by atoms with Crippen molar-refractivity contribution < 1.29 is 4.79 Å². The highest BCUT2D eigenvalue weighted by atomic mass is 16.1. The maximum Gasteiger partial charge on any atom is 0.261 e. The first-order chi connectivity index (χ1) is 13.6. The van der Waals surface area contributed by atoms with Gasteiger partial charge in [0.1, 0.15) is 11.2 Å². The van der Waals surface area contributed by atoms with E-state index in [1.807, 2.05) is 30.3 Å². The highest BCUT2D eigenvalue weighted by Crippen LogP contribution is 2.34. The predicted octanol–water partition coefficient (Wildman–Crippen LogP) is 2.92. The van der Waals surface area contributed by atoms with Crippen LogP contribution in [-0.2, 0) is 4.79 Å². The quantitative estimate of drug-likeness (QED) is 0.607. The van der Waals surface area contributed by atoms with E-state index in [4.69, 9.17) is 5.41 Å². The Labute approximate surface area is 160 Å². The second-order valence-electron chi connectivity index (χ2n) is 6.88. The molecular weight excluding hydrogens is 356 g/mol. The number of hydrogen-bond donors (Lipinski definition) is 3. The molecule has 0 bridgehead atoms. The Morgan fingerprint density at radius 2 is 2.00 bits per heavy atom. The van der Waals surface area contributed by atoms with Crippen LogP contribution in [-0.4, -0.2) is 26.3 Å². The number of rotatable bonds is 3. The molecule has 8 nitrogen and oxygen atoms in total. The number of benzene rings is 1. The Balaban J connectivity index is 1.86. The molecule has 8 heteroatoms. The lowest BCUT2D eigenvalue weighted by Crippen LogP contribution is -2.21. The number of H-pyrrole nitrogens is 1. The van der Waals surface area contributed by atoms with Gasteiger partial charge in [-0.25, -0.2) is 0 Å². The first kappa shape index (κ1) is 17.7. The van der Waals surface area contributed by atoms with Crippen molar-refractivity contribution in [3.8, 4) is 6.07 Å². The third-order valence-electron chi connectivity index (χ3n) is 4.92. The van der Waals surface area contributed by atoms with Gasteiger partial charge in [-0.2, -0.15) is 10.4 Å². The first-order valence-corrected chi connectivity index (χ1v) is 8.96. The fourth-order valence-electron chi connectivity index (χ4n) is 3.64. The molecule has 0 amide bonds. The number of ketones is 1. The normalized spacial score (nSPS) is 20.0. The Morgan fingerprint density at radius 3 is 2.75 bits per heavy atom. The van der Waals surface area contributed by atoms with Gasteiger partial charge in [0.05, 0.1) is 23.5 Å². The molecular formula is C20H18N6O2. The van der Waals surface area contributed by atoms with E-state index in [-0.39, 0.29) is 36.3 Å². The van der Waals surface area contributed by atoms with Gasteiger partial charge >= 0.3 is 0 Å². The minimum Gasteiger partial charge on any atom is -0.338 e. The predicted molar refractivity (Wildman–Crippen MR) is 105 cm³/mol. The lowest BCUT2D eigenvalue weighted by molar-refractivity contribution is -0.118. The van der Waals surface area contributed by atoms with Crippen LogP contribution in [0.25, 0.3) is 10.9 Å². The molecule has 0 radical (unpaired) electrons. The number of anilines is 2. The topological polar surface area (TPSA) is 127 Å². The van der Waals surface area contributed by atoms with Crippen LogP contribution in [0.5, 0.6) is 0 Å². The van der Waals surface area contributed by atoms with E-state index in [0.717, 1.165) is 5.69 Å². The number of hydrogen-bond acceptors (Lipinski definition) is 6. The van der Waals surface area contributed by atoms with Crippen LogP contribution in [0.2, 0.25) is 0 Å². The van der Waals surface area contributed by atoms with E-state index >= 15 is 0 Å². The summed E-state index contributed by atoms with van der Waals surface area (Å²) >= 11 is 0. The SMILES string of the molecule is N#CC1CC(=O)CC(=N)CC1n1nc(Nc2ccccc2)c2c(=O)[nH]ccc21. The van der Waals surface area contributed by atoms with Crippen LogP contribution in [0.4, 0.5) is 11.5 Å². The average molecular weight is 374 g/mol. The molecule has 4 rings (SSSR count). The Bertz CT molecular complexity index is 1150. The van der Waals surface area contributed by atoms with Gasteiger partial charge in [-0.3, -0.25) is 14.3 Å². The number of aromatic nitrogens is 3. The van der Waals surface area contributed by atoms with Gasteiger partial charge < -0.3 is 15.7 Å². The van der Waals surface area contributed by atoms with Crippen molar-refractivity contribution in [1.82, 2.24) is 14.8 Å². The summed E-state index contributed by atoms with van der Waals surface area (Å²) in [4.78, 5) is 27.2. The van der Waals surface area contributed by atoms with E-state index in [0.29, 0.717) is 16.7 Å². The van der Waals surface area contributed by atoms with Crippen molar-refractivity contribution in [2.45, 2.75) is 25.3 Å². The van der Waals surface area contributed by atoms with Gasteiger partial charge in [0, 0.05) is 36.9 Å². The standard InChI is InChI=1S/C20H18N6O2/c21-11-12-8-15(27)9-13(22)10-17(12)26-16-6-7-23-20(28)18(16)19(25-26)24-14-4-2-1-3-5-14/h1-7,12,17,22H,8-10H2,(H,23,28)(H,24,25). The molecule has 2 heterocycles. The highest BCUT2D eigenvalue weighted by Gasteiger charge is 2.33. The molecule has 2 unspecified atom stereocenters. The second-order valence-corrected chi connectivity index (χ2v) is 6.88. The van der Waals surface area contributed by atoms with Crippen molar-refractivity contribution in [1.29, 1.82) is 10.7 Å². The highest BCUT2D eigenvalue weighted by molar-refractivity contribution is 6.02. The van der Waals surface area contributed by atoms with Gasteiger partial charge in [-0.1, -0.05) is 18.2 Å². The van der Waals surface area contributed by atoms with Crippen molar-refractivity contribution in [3.63, 3.8) is 0 Å². The largest absolute Gasteiger partial charge is 0.338 e. The number of pyridine rings is 1. The molecule has 3 aromatic rings. The molecule has 1 aliphatic carbocycles. The number of aromatic amines is 1. The number of carbonyl (C=O) groups excluding carboxylic acids is 1. The van der Waals surface area contributed by atoms with Crippen LogP contribution in [0.3, 0.4) is 0 Å².